The summed E-state index contributed by atoms with van der Waals surface area (Å²) in [5, 5.41) is 10.3. The van der Waals surface area contributed by atoms with Gasteiger partial charge in [-0.05, 0) is 43.1 Å². The van der Waals surface area contributed by atoms with Crippen molar-refractivity contribution in [2.75, 3.05) is 13.1 Å². The Labute approximate surface area is 148 Å². The lowest BCUT2D eigenvalue weighted by Gasteiger charge is -2.22. The number of carbonyl (C=O) groups excluding carboxylic acids is 1. The minimum atomic E-state index is -4.72. The van der Waals surface area contributed by atoms with Crippen LogP contribution in [0.25, 0.3) is 0 Å². The molecule has 1 aromatic carbocycles. The first-order chi connectivity index (χ1) is 12.4. The van der Waals surface area contributed by atoms with Gasteiger partial charge in [-0.25, -0.2) is 0 Å². The molecule has 1 aromatic heterocycles. The lowest BCUT2D eigenvalue weighted by Crippen LogP contribution is -2.32. The van der Waals surface area contributed by atoms with E-state index in [9.17, 15) is 18.0 Å². The molecule has 2 N–H and O–H groups in total. The van der Waals surface area contributed by atoms with Crippen molar-refractivity contribution in [1.29, 1.82) is 0 Å². The Kier molecular flexibility index (Phi) is 5.46. The third-order valence-corrected chi connectivity index (χ3v) is 4.10. The van der Waals surface area contributed by atoms with E-state index in [0.717, 1.165) is 25.9 Å². The molecule has 0 aliphatic carbocycles. The average Bonchev–Trinajstić information content (AvgIpc) is 3.10. The highest BCUT2D eigenvalue weighted by atomic mass is 19.4. The number of hydrogen-bond donors (Lipinski definition) is 2. The van der Waals surface area contributed by atoms with Gasteiger partial charge in [0.25, 0.3) is 5.91 Å². The van der Waals surface area contributed by atoms with Crippen LogP contribution in [0.2, 0.25) is 0 Å². The molecule has 6 nitrogen and oxygen atoms in total. The third-order valence-electron chi connectivity index (χ3n) is 4.10. The Morgan fingerprint density at radius 2 is 2.08 bits per heavy atom. The molecule has 140 valence electrons. The molecule has 26 heavy (non-hydrogen) atoms. The van der Waals surface area contributed by atoms with E-state index in [1.54, 1.807) is 16.9 Å². The molecule has 9 heteroatoms. The second-order valence-electron chi connectivity index (χ2n) is 6.06. The molecule has 1 saturated heterocycles. The van der Waals surface area contributed by atoms with E-state index in [-0.39, 0.29) is 24.2 Å². The van der Waals surface area contributed by atoms with Gasteiger partial charge in [0.05, 0.1) is 6.04 Å². The van der Waals surface area contributed by atoms with E-state index in [1.165, 1.54) is 24.3 Å². The molecule has 0 saturated carbocycles. The van der Waals surface area contributed by atoms with Crippen molar-refractivity contribution < 1.29 is 22.7 Å². The van der Waals surface area contributed by atoms with Crippen molar-refractivity contribution >= 4 is 5.91 Å². The van der Waals surface area contributed by atoms with E-state index in [1.807, 2.05) is 0 Å². The first-order valence-electron chi connectivity index (χ1n) is 8.29. The Balaban J connectivity index is 1.53. The fourth-order valence-corrected chi connectivity index (χ4v) is 2.80. The molecule has 0 radical (unpaired) electrons. The summed E-state index contributed by atoms with van der Waals surface area (Å²) in [4.78, 5) is 12.2. The highest BCUT2D eigenvalue weighted by Crippen LogP contribution is 2.22. The highest BCUT2D eigenvalue weighted by molar-refractivity contribution is 5.92. The van der Waals surface area contributed by atoms with Crippen molar-refractivity contribution in [3.63, 3.8) is 0 Å². The summed E-state index contributed by atoms with van der Waals surface area (Å²) in [6.45, 7) is 2.01. The highest BCUT2D eigenvalue weighted by Gasteiger charge is 2.30. The fourth-order valence-electron chi connectivity index (χ4n) is 2.80. The molecule has 1 amide bonds. The van der Waals surface area contributed by atoms with Crippen LogP contribution in [0.15, 0.2) is 36.5 Å². The number of amides is 1. The predicted octanol–water partition coefficient (Wildman–Crippen LogP) is 2.64. The molecule has 1 aliphatic heterocycles. The van der Waals surface area contributed by atoms with Gasteiger partial charge in [0.1, 0.15) is 11.4 Å². The number of piperidine rings is 1. The molecule has 3 rings (SSSR count). The number of nitrogens with one attached hydrogen (secondary N) is 2. The van der Waals surface area contributed by atoms with Crippen molar-refractivity contribution in [1.82, 2.24) is 20.4 Å². The molecule has 0 bridgehead atoms. The first kappa shape index (κ1) is 18.2. The van der Waals surface area contributed by atoms with Gasteiger partial charge >= 0.3 is 6.36 Å². The molecular formula is C17H19F3N4O2. The Morgan fingerprint density at radius 3 is 2.73 bits per heavy atom. The summed E-state index contributed by atoms with van der Waals surface area (Å²) < 4.78 is 42.0. The largest absolute Gasteiger partial charge is 0.573 e. The number of hydrogen-bond acceptors (Lipinski definition) is 4. The number of ether oxygens (including phenoxy) is 1. The van der Waals surface area contributed by atoms with Gasteiger partial charge in [-0.15, -0.1) is 13.2 Å². The number of aromatic nitrogens is 2. The smallest absolute Gasteiger partial charge is 0.406 e. The van der Waals surface area contributed by atoms with Crippen LogP contribution in [0.4, 0.5) is 13.2 Å². The van der Waals surface area contributed by atoms with Crippen molar-refractivity contribution in [2.24, 2.45) is 0 Å². The zero-order valence-electron chi connectivity index (χ0n) is 13.9. The van der Waals surface area contributed by atoms with Crippen LogP contribution < -0.4 is 15.4 Å². The standard InChI is InChI=1S/C17H19F3N4O2/c18-17(19,20)26-14-5-3-12(4-6-14)10-22-16(25)15-7-9-24(23-15)13-2-1-8-21-11-13/h3-7,9,13,21H,1-2,8,10-11H2,(H,22,25). The van der Waals surface area contributed by atoms with Gasteiger partial charge in [0.2, 0.25) is 0 Å². The summed E-state index contributed by atoms with van der Waals surface area (Å²) in [5.74, 6) is -0.629. The van der Waals surface area contributed by atoms with Gasteiger partial charge in [-0.2, -0.15) is 5.10 Å². The van der Waals surface area contributed by atoms with Crippen molar-refractivity contribution in [3.05, 3.63) is 47.8 Å². The Hall–Kier alpha value is -2.55. The van der Waals surface area contributed by atoms with Gasteiger partial charge < -0.3 is 15.4 Å². The molecule has 0 spiro atoms. The molecule has 2 aromatic rings. The summed E-state index contributed by atoms with van der Waals surface area (Å²) in [6.07, 6.45) is -0.847. The topological polar surface area (TPSA) is 68.2 Å². The summed E-state index contributed by atoms with van der Waals surface area (Å²) in [7, 11) is 0. The van der Waals surface area contributed by atoms with Gasteiger partial charge in [0, 0.05) is 19.3 Å². The molecule has 1 fully saturated rings. The van der Waals surface area contributed by atoms with Crippen LogP contribution >= 0.6 is 0 Å². The summed E-state index contributed by atoms with van der Waals surface area (Å²) in [6, 6.07) is 7.25. The molecule has 1 aliphatic rings. The van der Waals surface area contributed by atoms with E-state index in [0.29, 0.717) is 11.3 Å². The minimum absolute atomic E-state index is 0.184. The zero-order chi connectivity index (χ0) is 18.6. The lowest BCUT2D eigenvalue weighted by atomic mass is 10.1. The number of benzene rings is 1. The van der Waals surface area contributed by atoms with Gasteiger partial charge in [-0.1, -0.05) is 12.1 Å². The predicted molar refractivity (Wildman–Crippen MR) is 87.7 cm³/mol. The number of carbonyl (C=O) groups is 1. The van der Waals surface area contributed by atoms with Crippen LogP contribution in [-0.2, 0) is 6.54 Å². The number of alkyl halides is 3. The van der Waals surface area contributed by atoms with E-state index < -0.39 is 6.36 Å². The molecule has 1 atom stereocenters. The zero-order valence-corrected chi connectivity index (χ0v) is 13.9. The maximum absolute atomic E-state index is 12.2. The molecule has 2 heterocycles. The van der Waals surface area contributed by atoms with E-state index >= 15 is 0 Å². The van der Waals surface area contributed by atoms with Crippen molar-refractivity contribution in [2.45, 2.75) is 31.8 Å². The Morgan fingerprint density at radius 1 is 1.31 bits per heavy atom. The van der Waals surface area contributed by atoms with Gasteiger partial charge in [-0.3, -0.25) is 9.48 Å². The van der Waals surface area contributed by atoms with Crippen LogP contribution in [0, 0.1) is 0 Å². The third kappa shape index (κ3) is 4.98. The lowest BCUT2D eigenvalue weighted by molar-refractivity contribution is -0.274. The van der Waals surface area contributed by atoms with Crippen LogP contribution in [-0.4, -0.2) is 35.1 Å². The second kappa shape index (κ2) is 7.77. The average molecular weight is 368 g/mol. The SMILES string of the molecule is O=C(NCc1ccc(OC(F)(F)F)cc1)c1ccn(C2CCCNC2)n1. The summed E-state index contributed by atoms with van der Waals surface area (Å²) >= 11 is 0. The quantitative estimate of drug-likeness (QED) is 0.851. The normalized spacial score (nSPS) is 17.7. The van der Waals surface area contributed by atoms with E-state index in [2.05, 4.69) is 20.5 Å². The number of rotatable bonds is 5. The van der Waals surface area contributed by atoms with Crippen LogP contribution in [0.5, 0.6) is 5.75 Å². The second-order valence-corrected chi connectivity index (χ2v) is 6.06. The van der Waals surface area contributed by atoms with Crippen molar-refractivity contribution in [3.8, 4) is 5.75 Å². The van der Waals surface area contributed by atoms with Crippen LogP contribution in [0.3, 0.4) is 0 Å². The number of nitrogens with zero attached hydrogens (tertiary/aromatic N) is 2. The molecule has 1 unspecified atom stereocenters. The van der Waals surface area contributed by atoms with Crippen LogP contribution in [0.1, 0.15) is 34.9 Å². The first-order valence-corrected chi connectivity index (χ1v) is 8.29. The maximum atomic E-state index is 12.2. The van der Waals surface area contributed by atoms with Gasteiger partial charge in [0.15, 0.2) is 0 Å². The Bertz CT molecular complexity index is 737. The fraction of sp³-hybridized carbons (Fsp3) is 0.412. The summed E-state index contributed by atoms with van der Waals surface area (Å²) in [5.41, 5.74) is 0.969. The molecular weight excluding hydrogens is 349 g/mol. The monoisotopic (exact) mass is 368 g/mol. The number of halogens is 3. The minimum Gasteiger partial charge on any atom is -0.406 e. The maximum Gasteiger partial charge on any atom is 0.573 e. The van der Waals surface area contributed by atoms with E-state index in [4.69, 9.17) is 0 Å².